The van der Waals surface area contributed by atoms with Crippen molar-refractivity contribution in [2.24, 2.45) is 0 Å². The Morgan fingerprint density at radius 2 is 1.77 bits per heavy atom. The topological polar surface area (TPSA) is 81.9 Å². The van der Waals surface area contributed by atoms with Crippen molar-refractivity contribution in [2.75, 3.05) is 52.4 Å². The zero-order valence-electron chi connectivity index (χ0n) is 18.9. The van der Waals surface area contributed by atoms with Crippen LogP contribution in [0, 0.1) is 0 Å². The molecular formula is C22H37N5O3. The normalized spacial score (nSPS) is 24.2. The molecule has 0 radical (unpaired) electrons. The van der Waals surface area contributed by atoms with Gasteiger partial charge in [0, 0.05) is 64.2 Å². The van der Waals surface area contributed by atoms with Crippen molar-refractivity contribution >= 4 is 5.91 Å². The summed E-state index contributed by atoms with van der Waals surface area (Å²) in [6.07, 6.45) is 1.60. The van der Waals surface area contributed by atoms with Gasteiger partial charge in [0.1, 0.15) is 0 Å². The summed E-state index contributed by atoms with van der Waals surface area (Å²) in [7, 11) is 0. The first-order chi connectivity index (χ1) is 14.1. The van der Waals surface area contributed by atoms with Gasteiger partial charge in [0.25, 0.3) is 5.56 Å². The highest BCUT2D eigenvalue weighted by Crippen LogP contribution is 2.23. The third-order valence-corrected chi connectivity index (χ3v) is 6.25. The lowest BCUT2D eigenvalue weighted by atomic mass is 9.92. The summed E-state index contributed by atoms with van der Waals surface area (Å²) in [5.41, 5.74) is -0.0294. The van der Waals surface area contributed by atoms with Gasteiger partial charge < -0.3 is 10.0 Å². The maximum absolute atomic E-state index is 12.2. The van der Waals surface area contributed by atoms with E-state index in [2.05, 4.69) is 35.7 Å². The van der Waals surface area contributed by atoms with Crippen LogP contribution in [0.5, 0.6) is 0 Å². The number of carbonyl (C=O) groups is 1. The van der Waals surface area contributed by atoms with E-state index < -0.39 is 5.60 Å². The summed E-state index contributed by atoms with van der Waals surface area (Å²) in [4.78, 5) is 30.3. The first kappa shape index (κ1) is 22.9. The number of hydrogen-bond acceptors (Lipinski definition) is 6. The molecule has 0 saturated carbocycles. The second kappa shape index (κ2) is 9.16. The van der Waals surface area contributed by atoms with Crippen LogP contribution in [0.25, 0.3) is 0 Å². The highest BCUT2D eigenvalue weighted by Gasteiger charge is 2.36. The van der Waals surface area contributed by atoms with E-state index in [0.717, 1.165) is 57.8 Å². The zero-order chi connectivity index (χ0) is 21.9. The number of amides is 1. The van der Waals surface area contributed by atoms with Crippen LogP contribution in [0.1, 0.15) is 46.2 Å². The second-order valence-electron chi connectivity index (χ2n) is 9.92. The fraction of sp³-hybridized carbons (Fsp3) is 0.773. The van der Waals surface area contributed by atoms with Gasteiger partial charge in [0.05, 0.1) is 24.4 Å². The minimum Gasteiger partial charge on any atom is -0.387 e. The molecular weight excluding hydrogens is 382 g/mol. The number of nitrogens with zero attached hydrogens (tertiary/aromatic N) is 5. The largest absolute Gasteiger partial charge is 0.387 e. The van der Waals surface area contributed by atoms with Gasteiger partial charge in [-0.2, -0.15) is 5.10 Å². The van der Waals surface area contributed by atoms with Crippen LogP contribution in [-0.4, -0.2) is 93.5 Å². The standard InChI is InChI=1S/C22H37N5O3/c1-18(28)26-9-5-8-22(30,17-26)16-25-12-10-24(11-13-25)14-15-27-20(29)7-6-19(23-27)21(2,3)4/h6-7,30H,5,8-17H2,1-4H3. The van der Waals surface area contributed by atoms with Gasteiger partial charge >= 0.3 is 0 Å². The number of rotatable bonds is 5. The Balaban J connectivity index is 1.48. The monoisotopic (exact) mass is 419 g/mol. The average molecular weight is 420 g/mol. The molecule has 2 aliphatic heterocycles. The molecule has 0 aromatic carbocycles. The van der Waals surface area contributed by atoms with E-state index in [9.17, 15) is 14.7 Å². The minimum atomic E-state index is -0.809. The molecule has 168 valence electrons. The lowest BCUT2D eigenvalue weighted by molar-refractivity contribution is -0.137. The van der Waals surface area contributed by atoms with Gasteiger partial charge in [0.15, 0.2) is 0 Å². The Hall–Kier alpha value is -1.77. The summed E-state index contributed by atoms with van der Waals surface area (Å²) in [5.74, 6) is 0.0392. The van der Waals surface area contributed by atoms with Crippen molar-refractivity contribution < 1.29 is 9.90 Å². The Morgan fingerprint density at radius 1 is 1.10 bits per heavy atom. The molecule has 2 aliphatic rings. The predicted molar refractivity (Wildman–Crippen MR) is 117 cm³/mol. The van der Waals surface area contributed by atoms with Crippen LogP contribution in [-0.2, 0) is 16.8 Å². The number of hydrogen-bond donors (Lipinski definition) is 1. The highest BCUT2D eigenvalue weighted by atomic mass is 16.3. The number of likely N-dealkylation sites (tertiary alicyclic amines) is 1. The van der Waals surface area contributed by atoms with Crippen LogP contribution in [0.4, 0.5) is 0 Å². The van der Waals surface area contributed by atoms with Crippen LogP contribution in [0.2, 0.25) is 0 Å². The Kier molecular flexibility index (Phi) is 6.99. The number of aromatic nitrogens is 2. The molecule has 2 saturated heterocycles. The Morgan fingerprint density at radius 3 is 2.40 bits per heavy atom. The summed E-state index contributed by atoms with van der Waals surface area (Å²) in [6.45, 7) is 14.6. The number of β-amino-alcohol motifs (C(OH)–C–C–N with tert-alkyl or cyclic N) is 1. The van der Waals surface area contributed by atoms with Crippen LogP contribution >= 0.6 is 0 Å². The highest BCUT2D eigenvalue weighted by molar-refractivity contribution is 5.73. The van der Waals surface area contributed by atoms with Crippen molar-refractivity contribution in [1.29, 1.82) is 0 Å². The summed E-state index contributed by atoms with van der Waals surface area (Å²) in [6, 6.07) is 3.43. The molecule has 0 bridgehead atoms. The van der Waals surface area contributed by atoms with Crippen molar-refractivity contribution in [1.82, 2.24) is 24.5 Å². The molecule has 3 heterocycles. The molecule has 1 unspecified atom stereocenters. The third kappa shape index (κ3) is 5.89. The molecule has 1 atom stereocenters. The van der Waals surface area contributed by atoms with Gasteiger partial charge in [-0.3, -0.25) is 19.4 Å². The predicted octanol–water partition coefficient (Wildman–Crippen LogP) is 0.532. The van der Waals surface area contributed by atoms with Crippen LogP contribution < -0.4 is 5.56 Å². The fourth-order valence-electron chi connectivity index (χ4n) is 4.34. The fourth-order valence-corrected chi connectivity index (χ4v) is 4.34. The molecule has 0 aliphatic carbocycles. The number of piperidine rings is 1. The SMILES string of the molecule is CC(=O)N1CCCC(O)(CN2CCN(CCn3nc(C(C)(C)C)ccc3=O)CC2)C1. The quantitative estimate of drug-likeness (QED) is 0.750. The second-order valence-corrected chi connectivity index (χ2v) is 9.92. The van der Waals surface area contributed by atoms with E-state index in [1.165, 1.54) is 0 Å². The summed E-state index contributed by atoms with van der Waals surface area (Å²) < 4.78 is 1.58. The Labute approximate surface area is 179 Å². The lowest BCUT2D eigenvalue weighted by Gasteiger charge is -2.43. The minimum absolute atomic E-state index is 0.0392. The van der Waals surface area contributed by atoms with Crippen LogP contribution in [0.3, 0.4) is 0 Å². The zero-order valence-corrected chi connectivity index (χ0v) is 18.9. The van der Waals surface area contributed by atoms with E-state index in [1.54, 1.807) is 22.6 Å². The Bertz CT molecular complexity index is 795. The molecule has 3 rings (SSSR count). The molecule has 8 nitrogen and oxygen atoms in total. The van der Waals surface area contributed by atoms with Crippen molar-refractivity contribution in [2.45, 2.75) is 58.1 Å². The maximum Gasteiger partial charge on any atom is 0.266 e. The molecule has 1 aromatic rings. The number of piperazine rings is 1. The van der Waals surface area contributed by atoms with E-state index in [0.29, 0.717) is 19.6 Å². The molecule has 2 fully saturated rings. The van der Waals surface area contributed by atoms with Gasteiger partial charge in [-0.15, -0.1) is 0 Å². The lowest BCUT2D eigenvalue weighted by Crippen LogP contribution is -2.58. The molecule has 8 heteroatoms. The van der Waals surface area contributed by atoms with E-state index in [4.69, 9.17) is 0 Å². The average Bonchev–Trinajstić information content (AvgIpc) is 2.67. The van der Waals surface area contributed by atoms with Gasteiger partial charge in [0.2, 0.25) is 5.91 Å². The molecule has 1 amide bonds. The smallest absolute Gasteiger partial charge is 0.266 e. The molecule has 1 N–H and O–H groups in total. The van der Waals surface area contributed by atoms with Crippen molar-refractivity contribution in [3.8, 4) is 0 Å². The number of carbonyl (C=O) groups excluding carboxylic acids is 1. The van der Waals surface area contributed by atoms with E-state index >= 15 is 0 Å². The van der Waals surface area contributed by atoms with E-state index in [-0.39, 0.29) is 16.9 Å². The van der Waals surface area contributed by atoms with Crippen LogP contribution in [0.15, 0.2) is 16.9 Å². The summed E-state index contributed by atoms with van der Waals surface area (Å²) in [5, 5.41) is 15.5. The third-order valence-electron chi connectivity index (χ3n) is 6.25. The molecule has 0 spiro atoms. The molecule has 1 aromatic heterocycles. The number of aliphatic hydroxyl groups is 1. The van der Waals surface area contributed by atoms with Gasteiger partial charge in [-0.05, 0) is 18.9 Å². The first-order valence-corrected chi connectivity index (χ1v) is 11.1. The van der Waals surface area contributed by atoms with Crippen molar-refractivity contribution in [3.63, 3.8) is 0 Å². The van der Waals surface area contributed by atoms with Crippen molar-refractivity contribution in [3.05, 3.63) is 28.2 Å². The van der Waals surface area contributed by atoms with Gasteiger partial charge in [-0.1, -0.05) is 20.8 Å². The maximum atomic E-state index is 12.2. The summed E-state index contributed by atoms with van der Waals surface area (Å²) >= 11 is 0. The van der Waals surface area contributed by atoms with Gasteiger partial charge in [-0.25, -0.2) is 4.68 Å². The molecule has 30 heavy (non-hydrogen) atoms. The van der Waals surface area contributed by atoms with E-state index in [1.807, 2.05) is 6.07 Å². The first-order valence-electron chi connectivity index (χ1n) is 11.1.